The van der Waals surface area contributed by atoms with Crippen LogP contribution in [0.15, 0.2) is 45.5 Å². The summed E-state index contributed by atoms with van der Waals surface area (Å²) in [5.41, 5.74) is 2.19. The number of carbonyl (C=O) groups is 1. The van der Waals surface area contributed by atoms with Gasteiger partial charge in [0.2, 0.25) is 5.89 Å². The van der Waals surface area contributed by atoms with Crippen molar-refractivity contribution in [2.75, 3.05) is 0 Å². The first-order valence-corrected chi connectivity index (χ1v) is 7.35. The smallest absolute Gasteiger partial charge is 0.227 e. The van der Waals surface area contributed by atoms with Crippen LogP contribution >= 0.6 is 11.3 Å². The van der Waals surface area contributed by atoms with E-state index in [2.05, 4.69) is 4.98 Å². The molecule has 0 radical (unpaired) electrons. The Morgan fingerprint density at radius 1 is 1.24 bits per heavy atom. The molecule has 1 aromatic carbocycles. The summed E-state index contributed by atoms with van der Waals surface area (Å²) in [4.78, 5) is 15.8. The molecule has 0 saturated heterocycles. The molecule has 2 aromatic heterocycles. The maximum atomic E-state index is 13.0. The molecule has 3 aromatic rings. The highest BCUT2D eigenvalue weighted by molar-refractivity contribution is 7.08. The highest BCUT2D eigenvalue weighted by Crippen LogP contribution is 2.31. The Bertz CT molecular complexity index is 760. The Hall–Kier alpha value is -2.27. The van der Waals surface area contributed by atoms with Crippen LogP contribution in [0.5, 0.6) is 0 Å². The Morgan fingerprint density at radius 3 is 2.62 bits per heavy atom. The molecule has 3 rings (SSSR count). The largest absolute Gasteiger partial charge is 0.436 e. The van der Waals surface area contributed by atoms with Crippen molar-refractivity contribution in [1.29, 1.82) is 0 Å². The van der Waals surface area contributed by atoms with Crippen molar-refractivity contribution in [3.63, 3.8) is 0 Å². The van der Waals surface area contributed by atoms with E-state index in [0.29, 0.717) is 22.9 Å². The average Bonchev–Trinajstić information content (AvgIpc) is 3.08. The van der Waals surface area contributed by atoms with Crippen LogP contribution in [-0.4, -0.2) is 10.8 Å². The molecule has 106 valence electrons. The summed E-state index contributed by atoms with van der Waals surface area (Å²) in [5, 5.41) is 3.88. The van der Waals surface area contributed by atoms with Crippen LogP contribution < -0.4 is 0 Å². The molecule has 0 N–H and O–H groups in total. The summed E-state index contributed by atoms with van der Waals surface area (Å²) >= 11 is 1.55. The molecule has 0 saturated carbocycles. The van der Waals surface area contributed by atoms with E-state index in [1.165, 1.54) is 19.1 Å². The third-order valence-corrected chi connectivity index (χ3v) is 3.67. The molecule has 0 unspecified atom stereocenters. The molecule has 0 atom stereocenters. The highest BCUT2D eigenvalue weighted by Gasteiger charge is 2.17. The molecular formula is C16H12FNO2S. The Kier molecular flexibility index (Phi) is 3.66. The van der Waals surface area contributed by atoms with Crippen molar-refractivity contribution >= 4 is 17.1 Å². The van der Waals surface area contributed by atoms with Gasteiger partial charge in [0.05, 0.1) is 12.1 Å². The fraction of sp³-hybridized carbons (Fsp3) is 0.125. The summed E-state index contributed by atoms with van der Waals surface area (Å²) in [6, 6.07) is 7.85. The first-order valence-electron chi connectivity index (χ1n) is 6.41. The molecule has 0 aliphatic rings. The number of ketones is 1. The summed E-state index contributed by atoms with van der Waals surface area (Å²) in [6.07, 6.45) is 0.218. The van der Waals surface area contributed by atoms with Crippen LogP contribution in [-0.2, 0) is 11.2 Å². The van der Waals surface area contributed by atoms with Gasteiger partial charge in [0.1, 0.15) is 11.6 Å². The van der Waals surface area contributed by atoms with Crippen LogP contribution in [0.3, 0.4) is 0 Å². The number of halogens is 1. The lowest BCUT2D eigenvalue weighted by Crippen LogP contribution is -1.98. The molecule has 5 heteroatoms. The normalized spacial score (nSPS) is 10.8. The molecule has 0 amide bonds. The van der Waals surface area contributed by atoms with Crippen LogP contribution in [0.25, 0.3) is 22.8 Å². The number of thiophene rings is 1. The number of benzene rings is 1. The average molecular weight is 301 g/mol. The Labute approximate surface area is 125 Å². The van der Waals surface area contributed by atoms with Gasteiger partial charge in [-0.15, -0.1) is 0 Å². The van der Waals surface area contributed by atoms with Gasteiger partial charge in [-0.3, -0.25) is 4.79 Å². The maximum Gasteiger partial charge on any atom is 0.227 e. The number of nitrogens with zero attached hydrogens (tertiary/aromatic N) is 1. The second-order valence-electron chi connectivity index (χ2n) is 4.69. The van der Waals surface area contributed by atoms with Crippen LogP contribution in [0.4, 0.5) is 4.39 Å². The monoisotopic (exact) mass is 301 g/mol. The first kappa shape index (κ1) is 13.7. The van der Waals surface area contributed by atoms with Gasteiger partial charge in [-0.25, -0.2) is 9.37 Å². The van der Waals surface area contributed by atoms with Gasteiger partial charge in [0.25, 0.3) is 0 Å². The van der Waals surface area contributed by atoms with E-state index < -0.39 is 0 Å². The predicted octanol–water partition coefficient (Wildman–Crippen LogP) is 4.34. The van der Waals surface area contributed by atoms with E-state index in [0.717, 1.165) is 5.56 Å². The summed E-state index contributed by atoms with van der Waals surface area (Å²) in [6.45, 7) is 1.52. The fourth-order valence-corrected chi connectivity index (χ4v) is 2.68. The summed E-state index contributed by atoms with van der Waals surface area (Å²) < 4.78 is 18.8. The SMILES string of the molecule is CC(=O)Cc1nc(-c2ccc(F)cc2)oc1-c1ccsc1. The minimum absolute atomic E-state index is 0.0189. The van der Waals surface area contributed by atoms with Crippen LogP contribution in [0, 0.1) is 5.82 Å². The fourth-order valence-electron chi connectivity index (χ4n) is 2.04. The van der Waals surface area contributed by atoms with E-state index in [1.807, 2.05) is 16.8 Å². The minimum atomic E-state index is -0.313. The molecule has 0 aliphatic heterocycles. The summed E-state index contributed by atoms with van der Waals surface area (Å²) in [7, 11) is 0. The van der Waals surface area contributed by atoms with E-state index in [1.54, 1.807) is 23.5 Å². The second kappa shape index (κ2) is 5.61. The van der Waals surface area contributed by atoms with Gasteiger partial charge in [-0.05, 0) is 42.6 Å². The van der Waals surface area contributed by atoms with Crippen molar-refractivity contribution in [3.05, 3.63) is 52.6 Å². The lowest BCUT2D eigenvalue weighted by molar-refractivity contribution is -0.116. The maximum absolute atomic E-state index is 13.0. The van der Waals surface area contributed by atoms with Gasteiger partial charge in [-0.1, -0.05) is 0 Å². The zero-order chi connectivity index (χ0) is 14.8. The van der Waals surface area contributed by atoms with Gasteiger partial charge in [0.15, 0.2) is 5.76 Å². The molecule has 21 heavy (non-hydrogen) atoms. The number of oxazole rings is 1. The van der Waals surface area contributed by atoms with Crippen molar-refractivity contribution < 1.29 is 13.6 Å². The summed E-state index contributed by atoms with van der Waals surface area (Å²) in [5.74, 6) is 0.705. The topological polar surface area (TPSA) is 43.1 Å². The zero-order valence-corrected chi connectivity index (χ0v) is 12.1. The van der Waals surface area contributed by atoms with Crippen molar-refractivity contribution in [3.8, 4) is 22.8 Å². The molecular weight excluding hydrogens is 289 g/mol. The van der Waals surface area contributed by atoms with Crippen LogP contribution in [0.2, 0.25) is 0 Å². The number of hydrogen-bond donors (Lipinski definition) is 0. The van der Waals surface area contributed by atoms with E-state index in [-0.39, 0.29) is 18.0 Å². The number of hydrogen-bond acceptors (Lipinski definition) is 4. The van der Waals surface area contributed by atoms with E-state index in [9.17, 15) is 9.18 Å². The van der Waals surface area contributed by atoms with Gasteiger partial charge in [0, 0.05) is 16.5 Å². The zero-order valence-electron chi connectivity index (χ0n) is 11.3. The van der Waals surface area contributed by atoms with Gasteiger partial charge < -0.3 is 4.42 Å². The molecule has 0 bridgehead atoms. The molecule has 0 aliphatic carbocycles. The van der Waals surface area contributed by atoms with E-state index in [4.69, 9.17) is 4.42 Å². The third kappa shape index (κ3) is 2.92. The number of aromatic nitrogens is 1. The van der Waals surface area contributed by atoms with Crippen molar-refractivity contribution in [2.45, 2.75) is 13.3 Å². The third-order valence-electron chi connectivity index (χ3n) is 2.99. The Balaban J connectivity index is 2.07. The van der Waals surface area contributed by atoms with Gasteiger partial charge in [-0.2, -0.15) is 11.3 Å². The number of rotatable bonds is 4. The molecule has 2 heterocycles. The molecule has 0 fully saturated rings. The minimum Gasteiger partial charge on any atom is -0.436 e. The molecule has 3 nitrogen and oxygen atoms in total. The predicted molar refractivity (Wildman–Crippen MR) is 79.6 cm³/mol. The van der Waals surface area contributed by atoms with Crippen LogP contribution in [0.1, 0.15) is 12.6 Å². The quantitative estimate of drug-likeness (QED) is 0.720. The van der Waals surface area contributed by atoms with E-state index >= 15 is 0 Å². The molecule has 0 spiro atoms. The highest BCUT2D eigenvalue weighted by atomic mass is 32.1. The Morgan fingerprint density at radius 2 is 2.00 bits per heavy atom. The van der Waals surface area contributed by atoms with Gasteiger partial charge >= 0.3 is 0 Å². The lowest BCUT2D eigenvalue weighted by Gasteiger charge is -1.95. The number of carbonyl (C=O) groups excluding carboxylic acids is 1. The standard InChI is InChI=1S/C16H12FNO2S/c1-10(19)8-14-15(12-6-7-21-9-12)20-16(18-14)11-2-4-13(17)5-3-11/h2-7,9H,8H2,1H3. The lowest BCUT2D eigenvalue weighted by atomic mass is 10.1. The van der Waals surface area contributed by atoms with Crippen molar-refractivity contribution in [2.24, 2.45) is 0 Å². The first-order chi connectivity index (χ1) is 10.1. The second-order valence-corrected chi connectivity index (χ2v) is 5.47. The van der Waals surface area contributed by atoms with Crippen molar-refractivity contribution in [1.82, 2.24) is 4.98 Å². The number of Topliss-reactive ketones (excluding diaryl/α,β-unsaturated/α-hetero) is 1.